The Labute approximate surface area is 154 Å². The zero-order valence-corrected chi connectivity index (χ0v) is 15.6. The third-order valence-electron chi connectivity index (χ3n) is 6.50. The number of piperidine rings is 1. The molecule has 1 unspecified atom stereocenters. The van der Waals surface area contributed by atoms with Gasteiger partial charge in [-0.1, -0.05) is 13.3 Å². The highest BCUT2D eigenvalue weighted by atomic mass is 16.5. The summed E-state index contributed by atoms with van der Waals surface area (Å²) < 4.78 is 5.64. The van der Waals surface area contributed by atoms with E-state index < -0.39 is 0 Å². The normalized spacial score (nSPS) is 24.5. The van der Waals surface area contributed by atoms with Crippen LogP contribution in [0, 0.1) is 16.7 Å². The number of fused-ring (bicyclic) bond motifs is 1. The van der Waals surface area contributed by atoms with E-state index in [0.29, 0.717) is 11.3 Å². The van der Waals surface area contributed by atoms with Crippen LogP contribution in [0.2, 0.25) is 0 Å². The van der Waals surface area contributed by atoms with E-state index in [1.807, 2.05) is 0 Å². The van der Waals surface area contributed by atoms with Crippen molar-refractivity contribution in [3.63, 3.8) is 0 Å². The number of ether oxygens (including phenoxy) is 1. The molecule has 1 atom stereocenters. The number of hydrogen-bond acceptors (Lipinski definition) is 5. The molecule has 1 aromatic rings. The number of pyridine rings is 1. The first-order valence-electron chi connectivity index (χ1n) is 9.90. The van der Waals surface area contributed by atoms with Crippen molar-refractivity contribution < 1.29 is 4.74 Å². The fourth-order valence-electron chi connectivity index (χ4n) is 4.94. The molecule has 0 aromatic carbocycles. The van der Waals surface area contributed by atoms with Gasteiger partial charge in [-0.25, -0.2) is 0 Å². The largest absolute Gasteiger partial charge is 0.381 e. The van der Waals surface area contributed by atoms with Gasteiger partial charge >= 0.3 is 0 Å². The van der Waals surface area contributed by atoms with Gasteiger partial charge in [-0.3, -0.25) is 4.79 Å². The van der Waals surface area contributed by atoms with Gasteiger partial charge in [0, 0.05) is 50.0 Å². The highest BCUT2D eigenvalue weighted by Crippen LogP contribution is 2.42. The summed E-state index contributed by atoms with van der Waals surface area (Å²) in [6, 6.07) is 2.18. The molecular weight excluding hydrogens is 328 g/mol. The van der Waals surface area contributed by atoms with Gasteiger partial charge in [0.2, 0.25) is 0 Å². The second-order valence-corrected chi connectivity index (χ2v) is 8.09. The monoisotopic (exact) mass is 356 g/mol. The lowest BCUT2D eigenvalue weighted by molar-refractivity contribution is 0.133. The van der Waals surface area contributed by atoms with Crippen LogP contribution in [-0.4, -0.2) is 37.8 Å². The second-order valence-electron chi connectivity index (χ2n) is 8.09. The van der Waals surface area contributed by atoms with Gasteiger partial charge in [0.25, 0.3) is 5.56 Å². The molecule has 3 aliphatic heterocycles. The molecule has 6 nitrogen and oxygen atoms in total. The van der Waals surface area contributed by atoms with Gasteiger partial charge < -0.3 is 19.9 Å². The van der Waals surface area contributed by atoms with Gasteiger partial charge in [0.1, 0.15) is 11.6 Å². The first-order valence-corrected chi connectivity index (χ1v) is 9.90. The summed E-state index contributed by atoms with van der Waals surface area (Å²) in [5.74, 6) is 0.322. The number of nitrogens with one attached hydrogen (secondary N) is 2. The molecule has 0 saturated carbocycles. The maximum atomic E-state index is 12.6. The number of H-pyrrole nitrogens is 1. The van der Waals surface area contributed by atoms with Crippen molar-refractivity contribution in [2.75, 3.05) is 37.7 Å². The quantitative estimate of drug-likeness (QED) is 0.868. The molecule has 26 heavy (non-hydrogen) atoms. The molecule has 0 amide bonds. The van der Waals surface area contributed by atoms with Crippen molar-refractivity contribution in [1.29, 1.82) is 5.26 Å². The molecule has 0 bridgehead atoms. The van der Waals surface area contributed by atoms with E-state index in [4.69, 9.17) is 4.74 Å². The second kappa shape index (κ2) is 7.05. The predicted molar refractivity (Wildman–Crippen MR) is 100 cm³/mol. The Bertz CT molecular complexity index is 763. The van der Waals surface area contributed by atoms with E-state index in [-0.39, 0.29) is 11.1 Å². The predicted octanol–water partition coefficient (Wildman–Crippen LogP) is 2.24. The maximum Gasteiger partial charge on any atom is 0.268 e. The molecule has 2 N–H and O–H groups in total. The van der Waals surface area contributed by atoms with E-state index in [1.165, 1.54) is 0 Å². The summed E-state index contributed by atoms with van der Waals surface area (Å²) >= 11 is 0. The summed E-state index contributed by atoms with van der Waals surface area (Å²) in [7, 11) is 0. The summed E-state index contributed by atoms with van der Waals surface area (Å²) in [5, 5.41) is 13.2. The minimum absolute atomic E-state index is 0.228. The van der Waals surface area contributed by atoms with Crippen LogP contribution < -0.4 is 15.8 Å². The summed E-state index contributed by atoms with van der Waals surface area (Å²) in [6.07, 6.45) is 5.41. The Hall–Kier alpha value is -1.84. The van der Waals surface area contributed by atoms with Crippen molar-refractivity contribution in [2.45, 2.75) is 51.5 Å². The fraction of sp³-hybridized carbons (Fsp3) is 0.700. The summed E-state index contributed by atoms with van der Waals surface area (Å²) in [5.41, 5.74) is 3.43. The first-order chi connectivity index (χ1) is 12.7. The van der Waals surface area contributed by atoms with Crippen LogP contribution in [0.5, 0.6) is 0 Å². The third-order valence-corrected chi connectivity index (χ3v) is 6.50. The number of aromatic amines is 1. The SMILES string of the molecule is CCCC1CNCc2c1[nH]c(=O)c(C#N)c2N1CCC2(CCOC2)CC1. The molecule has 6 heteroatoms. The van der Waals surface area contributed by atoms with Gasteiger partial charge in [0.05, 0.1) is 12.3 Å². The Kier molecular flexibility index (Phi) is 4.76. The standard InChI is InChI=1S/C20H28N4O2/c1-2-3-14-11-22-12-16-17(14)23-19(25)15(10-21)18(16)24-7-4-20(5-8-24)6-9-26-13-20/h14,22H,2-9,11-13H2,1H3,(H,23,25). The van der Waals surface area contributed by atoms with Crippen molar-refractivity contribution in [2.24, 2.45) is 5.41 Å². The lowest BCUT2D eigenvalue weighted by Crippen LogP contribution is -2.43. The number of anilines is 1. The zero-order chi connectivity index (χ0) is 18.1. The fourth-order valence-corrected chi connectivity index (χ4v) is 4.94. The Morgan fingerprint density at radius 2 is 2.15 bits per heavy atom. The van der Waals surface area contributed by atoms with Crippen LogP contribution in [0.25, 0.3) is 0 Å². The molecule has 1 spiro atoms. The molecule has 0 radical (unpaired) electrons. The Morgan fingerprint density at radius 1 is 1.35 bits per heavy atom. The van der Waals surface area contributed by atoms with E-state index in [9.17, 15) is 10.1 Å². The van der Waals surface area contributed by atoms with E-state index in [2.05, 4.69) is 28.2 Å². The molecule has 3 aliphatic rings. The van der Waals surface area contributed by atoms with Crippen LogP contribution in [0.4, 0.5) is 5.69 Å². The minimum atomic E-state index is -0.228. The summed E-state index contributed by atoms with van der Waals surface area (Å²) in [6.45, 7) is 7.30. The first kappa shape index (κ1) is 17.6. The Morgan fingerprint density at radius 3 is 2.81 bits per heavy atom. The van der Waals surface area contributed by atoms with Crippen LogP contribution in [0.15, 0.2) is 4.79 Å². The highest BCUT2D eigenvalue weighted by molar-refractivity contribution is 5.66. The molecule has 1 aromatic heterocycles. The maximum absolute atomic E-state index is 12.6. The number of nitrogens with zero attached hydrogens (tertiary/aromatic N) is 2. The number of nitriles is 1. The van der Waals surface area contributed by atoms with Crippen molar-refractivity contribution >= 4 is 5.69 Å². The average Bonchev–Trinajstić information content (AvgIpc) is 3.10. The molecule has 4 heterocycles. The molecule has 0 aliphatic carbocycles. The Balaban J connectivity index is 1.71. The van der Waals surface area contributed by atoms with E-state index in [1.54, 1.807) is 0 Å². The van der Waals surface area contributed by atoms with Crippen LogP contribution >= 0.6 is 0 Å². The van der Waals surface area contributed by atoms with Crippen molar-refractivity contribution in [3.8, 4) is 6.07 Å². The van der Waals surface area contributed by atoms with Gasteiger partial charge in [-0.15, -0.1) is 0 Å². The van der Waals surface area contributed by atoms with Crippen LogP contribution in [0.3, 0.4) is 0 Å². The molecule has 2 saturated heterocycles. The molecule has 140 valence electrons. The smallest absolute Gasteiger partial charge is 0.268 e. The van der Waals surface area contributed by atoms with Gasteiger partial charge in [0.15, 0.2) is 0 Å². The minimum Gasteiger partial charge on any atom is -0.381 e. The van der Waals surface area contributed by atoms with Gasteiger partial charge in [-0.2, -0.15) is 5.26 Å². The highest BCUT2D eigenvalue weighted by Gasteiger charge is 2.39. The molecule has 4 rings (SSSR count). The van der Waals surface area contributed by atoms with Gasteiger partial charge in [-0.05, 0) is 31.1 Å². The number of hydrogen-bond donors (Lipinski definition) is 2. The number of aromatic nitrogens is 1. The van der Waals surface area contributed by atoms with Crippen LogP contribution in [0.1, 0.15) is 61.8 Å². The topological polar surface area (TPSA) is 81.2 Å². The van der Waals surface area contributed by atoms with E-state index in [0.717, 1.165) is 88.4 Å². The molecule has 2 fully saturated rings. The average molecular weight is 356 g/mol. The van der Waals surface area contributed by atoms with Crippen molar-refractivity contribution in [1.82, 2.24) is 10.3 Å². The van der Waals surface area contributed by atoms with Crippen LogP contribution in [-0.2, 0) is 11.3 Å². The third kappa shape index (κ3) is 2.93. The zero-order valence-electron chi connectivity index (χ0n) is 15.6. The van der Waals surface area contributed by atoms with E-state index >= 15 is 0 Å². The lowest BCUT2D eigenvalue weighted by Gasteiger charge is -2.41. The van der Waals surface area contributed by atoms with Crippen molar-refractivity contribution in [3.05, 3.63) is 27.2 Å². The number of rotatable bonds is 3. The lowest BCUT2D eigenvalue weighted by atomic mass is 9.77. The summed E-state index contributed by atoms with van der Waals surface area (Å²) in [4.78, 5) is 18.0. The molecular formula is C20H28N4O2.